The molecule has 0 saturated heterocycles. The molecule has 156 valence electrons. The minimum absolute atomic E-state index is 0. The number of Topliss-reactive ketones (excluding diaryl/α,β-unsaturated/α-hetero) is 1. The Morgan fingerprint density at radius 3 is 2.56 bits per heavy atom. The molecule has 0 fully saturated rings. The Labute approximate surface area is 164 Å². The highest BCUT2D eigenvalue weighted by Crippen LogP contribution is 2.28. The van der Waals surface area contributed by atoms with Gasteiger partial charge in [-0.15, -0.1) is 0 Å². The maximum Gasteiger partial charge on any atom is 0.330 e. The van der Waals surface area contributed by atoms with Crippen LogP contribution in [0, 0.1) is 17.3 Å². The number of carbonyl (C=O) groups excluding carboxylic acids is 2. The highest BCUT2D eigenvalue weighted by molar-refractivity contribution is 5.90. The van der Waals surface area contributed by atoms with Crippen molar-refractivity contribution in [3.63, 3.8) is 0 Å². The van der Waals surface area contributed by atoms with E-state index in [9.17, 15) is 14.7 Å². The monoisotopic (exact) mass is 382 g/mol. The van der Waals surface area contributed by atoms with E-state index >= 15 is 0 Å². The number of aliphatic hydroxyl groups excluding tert-OH is 1. The molecule has 0 amide bonds. The highest BCUT2D eigenvalue weighted by atomic mass is 16.6. The molecule has 27 heavy (non-hydrogen) atoms. The summed E-state index contributed by atoms with van der Waals surface area (Å²) in [4.78, 5) is 24.9. The zero-order valence-electron chi connectivity index (χ0n) is 16.7. The molecule has 1 heterocycles. The van der Waals surface area contributed by atoms with E-state index in [1.165, 1.54) is 6.08 Å². The Morgan fingerprint density at radius 1 is 1.26 bits per heavy atom. The van der Waals surface area contributed by atoms with Gasteiger partial charge in [0.15, 0.2) is 0 Å². The number of rotatable bonds is 2. The number of aliphatic hydroxyl groups is 1. The molecule has 0 aromatic heterocycles. The van der Waals surface area contributed by atoms with Gasteiger partial charge in [-0.05, 0) is 39.0 Å². The van der Waals surface area contributed by atoms with Crippen molar-refractivity contribution in [3.05, 3.63) is 24.3 Å². The summed E-state index contributed by atoms with van der Waals surface area (Å²) in [6, 6.07) is 0. The van der Waals surface area contributed by atoms with Crippen LogP contribution in [0.15, 0.2) is 24.3 Å². The van der Waals surface area contributed by atoms with Gasteiger partial charge in [-0.3, -0.25) is 4.79 Å². The first-order valence-corrected chi connectivity index (χ1v) is 9.45. The van der Waals surface area contributed by atoms with E-state index in [4.69, 9.17) is 9.47 Å². The number of carbonyl (C=O) groups is 2. The number of ether oxygens (including phenoxy) is 2. The Balaban J connectivity index is 0.00000676. The van der Waals surface area contributed by atoms with Gasteiger partial charge >= 0.3 is 5.97 Å². The van der Waals surface area contributed by atoms with Gasteiger partial charge in [0.1, 0.15) is 11.9 Å². The van der Waals surface area contributed by atoms with E-state index in [1.807, 2.05) is 13.0 Å². The van der Waals surface area contributed by atoms with Crippen LogP contribution in [0.1, 0.15) is 60.8 Å². The average Bonchev–Trinajstić information content (AvgIpc) is 2.60. The molecule has 0 radical (unpaired) electrons. The third-order valence-electron chi connectivity index (χ3n) is 5.01. The molecule has 0 saturated carbocycles. The van der Waals surface area contributed by atoms with Crippen molar-refractivity contribution in [2.24, 2.45) is 17.3 Å². The maximum absolute atomic E-state index is 12.8. The van der Waals surface area contributed by atoms with E-state index in [2.05, 4.69) is 6.08 Å². The van der Waals surface area contributed by atoms with E-state index in [0.29, 0.717) is 13.0 Å². The van der Waals surface area contributed by atoms with Crippen LogP contribution in [0.3, 0.4) is 0 Å². The minimum Gasteiger partial charge on any atom is -0.456 e. The maximum atomic E-state index is 12.8. The van der Waals surface area contributed by atoms with Gasteiger partial charge in [0.25, 0.3) is 0 Å². The predicted molar refractivity (Wildman–Crippen MR) is 108 cm³/mol. The SMILES string of the molecule is C.COCC1CC=CCCCC(C)C(O)C(C)C(=O)C(C)(C)/C=C/C(=O)O1. The average molecular weight is 383 g/mol. The number of methoxy groups -OCH3 is 1. The van der Waals surface area contributed by atoms with E-state index in [0.717, 1.165) is 19.3 Å². The van der Waals surface area contributed by atoms with Gasteiger partial charge in [0.05, 0.1) is 12.7 Å². The summed E-state index contributed by atoms with van der Waals surface area (Å²) in [5.74, 6) is -1.03. The lowest BCUT2D eigenvalue weighted by atomic mass is 9.76. The van der Waals surface area contributed by atoms with Crippen LogP contribution < -0.4 is 0 Å². The van der Waals surface area contributed by atoms with Crippen molar-refractivity contribution in [1.29, 1.82) is 0 Å². The zero-order chi connectivity index (χ0) is 19.7. The van der Waals surface area contributed by atoms with Crippen molar-refractivity contribution < 1.29 is 24.2 Å². The smallest absolute Gasteiger partial charge is 0.330 e. The normalized spacial score (nSPS) is 31.6. The molecule has 0 spiro atoms. The van der Waals surface area contributed by atoms with Gasteiger partial charge < -0.3 is 14.6 Å². The summed E-state index contributed by atoms with van der Waals surface area (Å²) >= 11 is 0. The van der Waals surface area contributed by atoms with Crippen molar-refractivity contribution in [3.8, 4) is 0 Å². The van der Waals surface area contributed by atoms with Gasteiger partial charge in [-0.1, -0.05) is 39.5 Å². The van der Waals surface area contributed by atoms with Gasteiger partial charge in [-0.2, -0.15) is 0 Å². The molecule has 0 aromatic rings. The highest BCUT2D eigenvalue weighted by Gasteiger charge is 2.35. The second-order valence-corrected chi connectivity index (χ2v) is 7.83. The minimum atomic E-state index is -0.854. The zero-order valence-corrected chi connectivity index (χ0v) is 16.7. The van der Waals surface area contributed by atoms with Crippen molar-refractivity contribution in [1.82, 2.24) is 0 Å². The van der Waals surface area contributed by atoms with E-state index in [-0.39, 0.29) is 25.2 Å². The number of hydrogen-bond donors (Lipinski definition) is 1. The fraction of sp³-hybridized carbons (Fsp3) is 0.727. The first kappa shape index (κ1) is 25.5. The van der Waals surface area contributed by atoms with Crippen molar-refractivity contribution >= 4 is 11.8 Å². The molecule has 4 atom stereocenters. The number of hydrogen-bond acceptors (Lipinski definition) is 5. The molecule has 5 nitrogen and oxygen atoms in total. The summed E-state index contributed by atoms with van der Waals surface area (Å²) < 4.78 is 10.5. The Morgan fingerprint density at radius 2 is 1.93 bits per heavy atom. The predicted octanol–water partition coefficient (Wildman–Crippen LogP) is 4.10. The Hall–Kier alpha value is -1.46. The third-order valence-corrected chi connectivity index (χ3v) is 5.01. The molecule has 0 aliphatic carbocycles. The standard InChI is InChI=1S/C21H34O5.CH4/c1-15-10-8-6-7-9-11-17(14-25-5)26-18(22)12-13-21(3,4)20(24)16(2)19(15)23;/h7,9,12-13,15-17,19,23H,6,8,10-11,14H2,1-5H3;1H4/b9-7?,13-12+;. The second kappa shape index (κ2) is 12.1. The van der Waals surface area contributed by atoms with E-state index in [1.54, 1.807) is 34.0 Å². The number of allylic oxidation sites excluding steroid dienone is 2. The van der Waals surface area contributed by atoms with Crippen LogP contribution in [-0.4, -0.2) is 42.8 Å². The summed E-state index contributed by atoms with van der Waals surface area (Å²) in [6.45, 7) is 7.58. The molecule has 1 rings (SSSR count). The first-order chi connectivity index (χ1) is 12.2. The molecule has 1 aliphatic heterocycles. The quantitative estimate of drug-likeness (QED) is 0.575. The number of cyclic esters (lactones) is 1. The third kappa shape index (κ3) is 8.39. The molecule has 0 bridgehead atoms. The summed E-state index contributed by atoms with van der Waals surface area (Å²) in [5.41, 5.74) is -0.854. The molecule has 5 heteroatoms. The lowest BCUT2D eigenvalue weighted by Crippen LogP contribution is -2.38. The lowest BCUT2D eigenvalue weighted by Gasteiger charge is -2.29. The fourth-order valence-corrected chi connectivity index (χ4v) is 3.23. The van der Waals surface area contributed by atoms with Crippen LogP contribution in [0.2, 0.25) is 0 Å². The molecule has 1 N–H and O–H groups in total. The van der Waals surface area contributed by atoms with Crippen LogP contribution in [0.5, 0.6) is 0 Å². The number of esters is 1. The lowest BCUT2D eigenvalue weighted by molar-refractivity contribution is -0.145. The van der Waals surface area contributed by atoms with Crippen molar-refractivity contribution in [2.75, 3.05) is 13.7 Å². The molecular formula is C22H38O5. The van der Waals surface area contributed by atoms with Crippen LogP contribution >= 0.6 is 0 Å². The fourth-order valence-electron chi connectivity index (χ4n) is 3.23. The topological polar surface area (TPSA) is 72.8 Å². The largest absolute Gasteiger partial charge is 0.456 e. The second-order valence-electron chi connectivity index (χ2n) is 7.83. The molecule has 4 unspecified atom stereocenters. The molecular weight excluding hydrogens is 344 g/mol. The summed E-state index contributed by atoms with van der Waals surface area (Å²) in [6.07, 6.45) is 9.17. The van der Waals surface area contributed by atoms with Crippen LogP contribution in [0.25, 0.3) is 0 Å². The molecule has 1 aliphatic rings. The summed E-state index contributed by atoms with van der Waals surface area (Å²) in [7, 11) is 1.57. The Kier molecular flexibility index (Phi) is 11.4. The van der Waals surface area contributed by atoms with Crippen LogP contribution in [0.4, 0.5) is 0 Å². The van der Waals surface area contributed by atoms with E-state index < -0.39 is 23.4 Å². The van der Waals surface area contributed by atoms with Gasteiger partial charge in [-0.25, -0.2) is 4.79 Å². The first-order valence-electron chi connectivity index (χ1n) is 9.45. The number of ketones is 1. The van der Waals surface area contributed by atoms with Gasteiger partial charge in [0, 0.05) is 30.9 Å². The van der Waals surface area contributed by atoms with Gasteiger partial charge in [0.2, 0.25) is 0 Å². The van der Waals surface area contributed by atoms with Crippen LogP contribution in [-0.2, 0) is 19.1 Å². The van der Waals surface area contributed by atoms with Crippen molar-refractivity contribution in [2.45, 2.75) is 73.0 Å². The molecule has 0 aromatic carbocycles. The summed E-state index contributed by atoms with van der Waals surface area (Å²) in [5, 5.41) is 10.5. The Bertz CT molecular complexity index is 521.